The molecule has 2 amide bonds. The average Bonchev–Trinajstić information content (AvgIpc) is 2.82. The summed E-state index contributed by atoms with van der Waals surface area (Å²) in [5.41, 5.74) is 0.999. The second-order valence-electron chi connectivity index (χ2n) is 8.43. The molecule has 0 spiro atoms. The van der Waals surface area contributed by atoms with Gasteiger partial charge in [0.1, 0.15) is 11.8 Å². The van der Waals surface area contributed by atoms with Crippen molar-refractivity contribution in [3.8, 4) is 5.75 Å². The van der Waals surface area contributed by atoms with E-state index in [4.69, 9.17) is 4.74 Å². The monoisotopic (exact) mass is 500 g/mol. The summed E-state index contributed by atoms with van der Waals surface area (Å²) >= 11 is 3.45. The highest BCUT2D eigenvalue weighted by atomic mass is 79.9. The molecule has 2 aromatic carbocycles. The molecule has 1 aliphatic carbocycles. The minimum absolute atomic E-state index is 0.0316. The molecule has 1 aliphatic rings. The molecule has 0 unspecified atom stereocenters. The highest BCUT2D eigenvalue weighted by Crippen LogP contribution is 2.19. The number of para-hydroxylation sites is 1. The molecule has 0 heterocycles. The third-order valence-corrected chi connectivity index (χ3v) is 6.46. The van der Waals surface area contributed by atoms with E-state index in [0.29, 0.717) is 26.0 Å². The average molecular weight is 501 g/mol. The largest absolute Gasteiger partial charge is 0.494 e. The molecule has 1 saturated carbocycles. The molecule has 5 nitrogen and oxygen atoms in total. The van der Waals surface area contributed by atoms with Crippen LogP contribution in [-0.2, 0) is 16.1 Å². The van der Waals surface area contributed by atoms with Gasteiger partial charge in [-0.3, -0.25) is 9.59 Å². The lowest BCUT2D eigenvalue weighted by atomic mass is 9.95. The molecule has 0 saturated heterocycles. The normalized spacial score (nSPS) is 15.1. The zero-order valence-corrected chi connectivity index (χ0v) is 20.4. The summed E-state index contributed by atoms with van der Waals surface area (Å²) in [4.78, 5) is 27.8. The quantitative estimate of drug-likeness (QED) is 0.439. The lowest BCUT2D eigenvalue weighted by Gasteiger charge is -2.31. The highest BCUT2D eigenvalue weighted by Gasteiger charge is 2.27. The third-order valence-electron chi connectivity index (χ3n) is 5.93. The van der Waals surface area contributed by atoms with Gasteiger partial charge in [-0.1, -0.05) is 65.5 Å². The zero-order chi connectivity index (χ0) is 22.8. The Morgan fingerprint density at radius 1 is 1.06 bits per heavy atom. The summed E-state index contributed by atoms with van der Waals surface area (Å²) in [5.74, 6) is 0.700. The van der Waals surface area contributed by atoms with Crippen LogP contribution in [0.25, 0.3) is 0 Å². The molecule has 1 fully saturated rings. The number of rotatable bonds is 10. The summed E-state index contributed by atoms with van der Waals surface area (Å²) in [6.07, 6.45) is 6.53. The Morgan fingerprint density at radius 3 is 2.44 bits per heavy atom. The maximum absolute atomic E-state index is 13.1. The number of benzene rings is 2. The second-order valence-corrected chi connectivity index (χ2v) is 9.35. The topological polar surface area (TPSA) is 58.6 Å². The van der Waals surface area contributed by atoms with E-state index in [1.807, 2.05) is 61.5 Å². The van der Waals surface area contributed by atoms with Crippen molar-refractivity contribution in [1.82, 2.24) is 10.2 Å². The molecule has 2 aromatic rings. The lowest BCUT2D eigenvalue weighted by Crippen LogP contribution is -2.50. The van der Waals surface area contributed by atoms with Crippen LogP contribution in [0.5, 0.6) is 5.75 Å². The van der Waals surface area contributed by atoms with Crippen molar-refractivity contribution in [1.29, 1.82) is 0 Å². The summed E-state index contributed by atoms with van der Waals surface area (Å²) in [6.45, 7) is 2.70. The number of carbonyl (C=O) groups excluding carboxylic acids is 2. The summed E-state index contributed by atoms with van der Waals surface area (Å²) in [6, 6.07) is 17.2. The van der Waals surface area contributed by atoms with Gasteiger partial charge >= 0.3 is 0 Å². The van der Waals surface area contributed by atoms with E-state index in [-0.39, 0.29) is 17.9 Å². The molecule has 0 bridgehead atoms. The van der Waals surface area contributed by atoms with Gasteiger partial charge in [-0.25, -0.2) is 0 Å². The standard InChI is InChI=1S/C26H33BrN2O3/c1-20(26(31)28-23-9-4-2-5-10-23)29(19-21-14-16-22(27)17-15-21)25(30)13-8-18-32-24-11-6-3-7-12-24/h3,6-7,11-12,14-17,20,23H,2,4-5,8-10,13,18-19H2,1H3,(H,28,31)/t20-/m1/s1. The predicted octanol–water partition coefficient (Wildman–Crippen LogP) is 5.47. The molecule has 1 N–H and O–H groups in total. The molecule has 32 heavy (non-hydrogen) atoms. The third kappa shape index (κ3) is 7.66. The van der Waals surface area contributed by atoms with E-state index >= 15 is 0 Å². The Bertz CT molecular complexity index is 851. The predicted molar refractivity (Wildman–Crippen MR) is 130 cm³/mol. The van der Waals surface area contributed by atoms with Crippen LogP contribution in [0.15, 0.2) is 59.1 Å². The van der Waals surface area contributed by atoms with Crippen molar-refractivity contribution in [2.75, 3.05) is 6.61 Å². The van der Waals surface area contributed by atoms with Gasteiger partial charge in [0.2, 0.25) is 11.8 Å². The number of ether oxygens (including phenoxy) is 1. The highest BCUT2D eigenvalue weighted by molar-refractivity contribution is 9.10. The number of hydrogen-bond acceptors (Lipinski definition) is 3. The van der Waals surface area contributed by atoms with Crippen molar-refractivity contribution < 1.29 is 14.3 Å². The summed E-state index contributed by atoms with van der Waals surface area (Å²) in [7, 11) is 0. The smallest absolute Gasteiger partial charge is 0.242 e. The minimum Gasteiger partial charge on any atom is -0.494 e. The maximum atomic E-state index is 13.1. The van der Waals surface area contributed by atoms with E-state index in [1.165, 1.54) is 6.42 Å². The zero-order valence-electron chi connectivity index (χ0n) is 18.8. The molecule has 172 valence electrons. The van der Waals surface area contributed by atoms with Crippen molar-refractivity contribution in [3.05, 3.63) is 64.6 Å². The van der Waals surface area contributed by atoms with Crippen LogP contribution in [0, 0.1) is 0 Å². The number of nitrogens with one attached hydrogen (secondary N) is 1. The van der Waals surface area contributed by atoms with E-state index in [1.54, 1.807) is 4.90 Å². The van der Waals surface area contributed by atoms with E-state index < -0.39 is 6.04 Å². The van der Waals surface area contributed by atoms with Crippen molar-refractivity contribution >= 4 is 27.7 Å². The molecule has 0 radical (unpaired) electrons. The Labute approximate surface area is 199 Å². The molecule has 6 heteroatoms. The molecule has 3 rings (SSSR count). The van der Waals surface area contributed by atoms with Gasteiger partial charge < -0.3 is 15.0 Å². The first-order valence-electron chi connectivity index (χ1n) is 11.5. The van der Waals surface area contributed by atoms with Crippen molar-refractivity contribution in [3.63, 3.8) is 0 Å². The van der Waals surface area contributed by atoms with Gasteiger partial charge in [-0.2, -0.15) is 0 Å². The number of halogens is 1. The fourth-order valence-electron chi connectivity index (χ4n) is 4.01. The Morgan fingerprint density at radius 2 is 1.75 bits per heavy atom. The fraction of sp³-hybridized carbons (Fsp3) is 0.462. The second kappa shape index (κ2) is 12.6. The maximum Gasteiger partial charge on any atom is 0.242 e. The number of hydrogen-bond donors (Lipinski definition) is 1. The first-order chi connectivity index (χ1) is 15.5. The Hall–Kier alpha value is -2.34. The van der Waals surface area contributed by atoms with E-state index in [2.05, 4.69) is 21.2 Å². The first-order valence-corrected chi connectivity index (χ1v) is 12.3. The minimum atomic E-state index is -0.525. The van der Waals surface area contributed by atoms with E-state index in [9.17, 15) is 9.59 Å². The van der Waals surface area contributed by atoms with Crippen LogP contribution in [0.1, 0.15) is 57.4 Å². The molecule has 0 aromatic heterocycles. The molecule has 0 aliphatic heterocycles. The van der Waals surface area contributed by atoms with Gasteiger partial charge in [-0.05, 0) is 56.0 Å². The van der Waals surface area contributed by atoms with Crippen LogP contribution >= 0.6 is 15.9 Å². The van der Waals surface area contributed by atoms with Crippen LogP contribution < -0.4 is 10.1 Å². The van der Waals surface area contributed by atoms with Crippen LogP contribution in [-0.4, -0.2) is 35.4 Å². The SMILES string of the molecule is C[C@H](C(=O)NC1CCCCC1)N(Cc1ccc(Br)cc1)C(=O)CCCOc1ccccc1. The van der Waals surface area contributed by atoms with Crippen molar-refractivity contribution in [2.24, 2.45) is 0 Å². The van der Waals surface area contributed by atoms with Crippen LogP contribution in [0.4, 0.5) is 0 Å². The number of amides is 2. The first kappa shape index (κ1) is 24.3. The molecular weight excluding hydrogens is 468 g/mol. The summed E-state index contributed by atoms with van der Waals surface area (Å²) < 4.78 is 6.71. The van der Waals surface area contributed by atoms with Gasteiger partial charge in [0, 0.05) is 23.5 Å². The van der Waals surface area contributed by atoms with E-state index in [0.717, 1.165) is 41.5 Å². The number of nitrogens with zero attached hydrogens (tertiary/aromatic N) is 1. The van der Waals surface area contributed by atoms with Gasteiger partial charge in [-0.15, -0.1) is 0 Å². The van der Waals surface area contributed by atoms with Crippen molar-refractivity contribution in [2.45, 2.75) is 70.5 Å². The summed E-state index contributed by atoms with van der Waals surface area (Å²) in [5, 5.41) is 3.17. The Balaban J connectivity index is 1.59. The number of carbonyl (C=O) groups is 2. The van der Waals surface area contributed by atoms with Gasteiger partial charge in [0.25, 0.3) is 0 Å². The lowest BCUT2D eigenvalue weighted by molar-refractivity contribution is -0.141. The molecular formula is C26H33BrN2O3. The fourth-order valence-corrected chi connectivity index (χ4v) is 4.28. The van der Waals surface area contributed by atoms with Gasteiger partial charge in [0.15, 0.2) is 0 Å². The van der Waals surface area contributed by atoms with Gasteiger partial charge in [0.05, 0.1) is 6.61 Å². The Kier molecular flexibility index (Phi) is 9.60. The van der Waals surface area contributed by atoms with Crippen LogP contribution in [0.2, 0.25) is 0 Å². The van der Waals surface area contributed by atoms with Crippen LogP contribution in [0.3, 0.4) is 0 Å². The molecule has 1 atom stereocenters.